The number of rotatable bonds is 1. The molecule has 4 heteroatoms. The zero-order valence-corrected chi connectivity index (χ0v) is 15.2. The molecule has 3 aromatic carbocycles. The van der Waals surface area contributed by atoms with Gasteiger partial charge < -0.3 is 5.11 Å². The fraction of sp³-hybridized carbons (Fsp3) is 0.217. The van der Waals surface area contributed by atoms with Crippen LogP contribution >= 0.6 is 0 Å². The van der Waals surface area contributed by atoms with Crippen molar-refractivity contribution in [3.8, 4) is 0 Å². The average molecular weight is 357 g/mol. The lowest BCUT2D eigenvalue weighted by molar-refractivity contribution is 0.0692. The highest BCUT2D eigenvalue weighted by molar-refractivity contribution is 6.19. The molecule has 0 radical (unpaired) electrons. The molecule has 0 saturated carbocycles. The second kappa shape index (κ2) is 5.19. The van der Waals surface area contributed by atoms with Gasteiger partial charge in [0.15, 0.2) is 0 Å². The number of carboxylic acid groups (broad SMARTS) is 1. The van der Waals surface area contributed by atoms with E-state index in [1.807, 2.05) is 35.2 Å². The number of benzene rings is 3. The Hall–Kier alpha value is -3.14. The zero-order chi connectivity index (χ0) is 18.9. The van der Waals surface area contributed by atoms with Crippen molar-refractivity contribution >= 4 is 28.3 Å². The van der Waals surface area contributed by atoms with Crippen molar-refractivity contribution in [1.29, 1.82) is 0 Å². The summed E-state index contributed by atoms with van der Waals surface area (Å²) in [6, 6.07) is 17.3. The molecule has 1 amide bonds. The monoisotopic (exact) mass is 357 g/mol. The number of fused-ring (bicyclic) bond motifs is 7. The van der Waals surface area contributed by atoms with Crippen LogP contribution in [0.15, 0.2) is 54.6 Å². The Morgan fingerprint density at radius 3 is 2.63 bits per heavy atom. The molecule has 2 aliphatic heterocycles. The highest BCUT2D eigenvalue weighted by atomic mass is 16.4. The van der Waals surface area contributed by atoms with E-state index >= 15 is 0 Å². The number of hydrogen-bond acceptors (Lipinski definition) is 2. The smallest absolute Gasteiger partial charge is 0.336 e. The first-order chi connectivity index (χ1) is 12.9. The van der Waals surface area contributed by atoms with E-state index in [-0.39, 0.29) is 22.9 Å². The van der Waals surface area contributed by atoms with E-state index in [1.165, 1.54) is 6.07 Å². The summed E-state index contributed by atoms with van der Waals surface area (Å²) < 4.78 is 0. The lowest BCUT2D eigenvalue weighted by Crippen LogP contribution is -2.39. The van der Waals surface area contributed by atoms with Crippen LogP contribution in [0.4, 0.5) is 5.69 Å². The number of carbonyl (C=O) groups excluding carboxylic acids is 1. The standard InChI is InChI=1S/C23H19NO3/c1-23(2)12-18-15-8-5-9-16(22(26)27)19(15)21(25)24(18)20-14-7-4-3-6-13(14)10-11-17(20)23/h3-11,18H,12H2,1-2H3,(H,26,27)/t18-/m0/s1. The largest absolute Gasteiger partial charge is 0.478 e. The molecule has 1 N–H and O–H groups in total. The highest BCUT2D eigenvalue weighted by Crippen LogP contribution is 2.54. The zero-order valence-electron chi connectivity index (χ0n) is 15.2. The van der Waals surface area contributed by atoms with E-state index in [9.17, 15) is 14.7 Å². The van der Waals surface area contributed by atoms with Crippen LogP contribution < -0.4 is 4.90 Å². The Balaban J connectivity index is 1.85. The maximum absolute atomic E-state index is 13.4. The van der Waals surface area contributed by atoms with Crippen LogP contribution in [0.2, 0.25) is 0 Å². The topological polar surface area (TPSA) is 57.6 Å². The molecule has 0 unspecified atom stereocenters. The molecule has 0 saturated heterocycles. The van der Waals surface area contributed by atoms with E-state index in [4.69, 9.17) is 0 Å². The van der Waals surface area contributed by atoms with Crippen LogP contribution in [0.5, 0.6) is 0 Å². The van der Waals surface area contributed by atoms with Crippen LogP contribution in [0, 0.1) is 0 Å². The van der Waals surface area contributed by atoms with E-state index in [0.717, 1.165) is 34.0 Å². The van der Waals surface area contributed by atoms with Gasteiger partial charge >= 0.3 is 5.97 Å². The number of carboxylic acids is 1. The van der Waals surface area contributed by atoms with Gasteiger partial charge in [-0.05, 0) is 34.4 Å². The molecule has 5 rings (SSSR count). The molecule has 0 aromatic heterocycles. The van der Waals surface area contributed by atoms with Gasteiger partial charge in [0, 0.05) is 5.39 Å². The number of aromatic carboxylic acids is 1. The van der Waals surface area contributed by atoms with Crippen molar-refractivity contribution in [2.75, 3.05) is 4.90 Å². The third kappa shape index (κ3) is 2.04. The van der Waals surface area contributed by atoms with Gasteiger partial charge in [0.25, 0.3) is 5.91 Å². The molecule has 27 heavy (non-hydrogen) atoms. The normalized spacial score (nSPS) is 19.6. The minimum atomic E-state index is -1.06. The predicted molar refractivity (Wildman–Crippen MR) is 105 cm³/mol. The summed E-state index contributed by atoms with van der Waals surface area (Å²) in [4.78, 5) is 27.0. The fourth-order valence-corrected chi connectivity index (χ4v) is 4.78. The Labute approximate surface area is 157 Å². The number of nitrogens with zero attached hydrogens (tertiary/aromatic N) is 1. The van der Waals surface area contributed by atoms with Gasteiger partial charge in [0.1, 0.15) is 0 Å². The van der Waals surface area contributed by atoms with Gasteiger partial charge in [0.2, 0.25) is 0 Å². The maximum Gasteiger partial charge on any atom is 0.336 e. The van der Waals surface area contributed by atoms with E-state index in [2.05, 4.69) is 26.0 Å². The van der Waals surface area contributed by atoms with Crippen molar-refractivity contribution in [3.05, 3.63) is 76.9 Å². The molecule has 4 nitrogen and oxygen atoms in total. The lowest BCUT2D eigenvalue weighted by Gasteiger charge is -2.42. The summed E-state index contributed by atoms with van der Waals surface area (Å²) in [7, 11) is 0. The molecular formula is C23H19NO3. The van der Waals surface area contributed by atoms with Crippen LogP contribution in [0.1, 0.15) is 58.2 Å². The van der Waals surface area contributed by atoms with Crippen molar-refractivity contribution in [2.45, 2.75) is 31.7 Å². The fourth-order valence-electron chi connectivity index (χ4n) is 4.78. The Morgan fingerprint density at radius 1 is 1.07 bits per heavy atom. The summed E-state index contributed by atoms with van der Waals surface area (Å²) in [5, 5.41) is 11.7. The van der Waals surface area contributed by atoms with Crippen LogP contribution in [0.3, 0.4) is 0 Å². The van der Waals surface area contributed by atoms with Gasteiger partial charge in [-0.15, -0.1) is 0 Å². The molecule has 0 bridgehead atoms. The number of carbonyl (C=O) groups is 2. The molecule has 0 aliphatic carbocycles. The summed E-state index contributed by atoms with van der Waals surface area (Å²) >= 11 is 0. The number of anilines is 1. The van der Waals surface area contributed by atoms with Crippen molar-refractivity contribution in [3.63, 3.8) is 0 Å². The minimum Gasteiger partial charge on any atom is -0.478 e. The van der Waals surface area contributed by atoms with Gasteiger partial charge in [-0.2, -0.15) is 0 Å². The third-order valence-electron chi connectivity index (χ3n) is 6.00. The first-order valence-electron chi connectivity index (χ1n) is 9.12. The summed E-state index contributed by atoms with van der Waals surface area (Å²) in [5.41, 5.74) is 3.19. The number of amides is 1. The molecule has 2 heterocycles. The van der Waals surface area contributed by atoms with Crippen molar-refractivity contribution in [2.24, 2.45) is 0 Å². The molecule has 134 valence electrons. The molecule has 0 spiro atoms. The Kier molecular flexibility index (Phi) is 3.09. The van der Waals surface area contributed by atoms with Gasteiger partial charge in [0.05, 0.1) is 22.9 Å². The SMILES string of the molecule is CC1(C)C[C@H]2c3cccc(C(=O)O)c3C(=O)N2c2c1ccc1ccccc21. The van der Waals surface area contributed by atoms with Crippen LogP contribution in [0.25, 0.3) is 10.8 Å². The van der Waals surface area contributed by atoms with Gasteiger partial charge in [-0.25, -0.2) is 4.79 Å². The Morgan fingerprint density at radius 2 is 1.85 bits per heavy atom. The van der Waals surface area contributed by atoms with Crippen LogP contribution in [-0.4, -0.2) is 17.0 Å². The van der Waals surface area contributed by atoms with Crippen molar-refractivity contribution in [1.82, 2.24) is 0 Å². The second-order valence-electron chi connectivity index (χ2n) is 8.04. The molecule has 2 aliphatic rings. The quantitative estimate of drug-likeness (QED) is 0.672. The predicted octanol–water partition coefficient (Wildman–Crippen LogP) is 4.92. The lowest BCUT2D eigenvalue weighted by atomic mass is 9.73. The minimum absolute atomic E-state index is 0.0893. The highest BCUT2D eigenvalue weighted by Gasteiger charge is 2.48. The van der Waals surface area contributed by atoms with Gasteiger partial charge in [-0.1, -0.05) is 62.4 Å². The summed E-state index contributed by atoms with van der Waals surface area (Å²) in [5.74, 6) is -1.27. The van der Waals surface area contributed by atoms with E-state index < -0.39 is 5.97 Å². The maximum atomic E-state index is 13.4. The van der Waals surface area contributed by atoms with E-state index in [1.54, 1.807) is 6.07 Å². The average Bonchev–Trinajstić information content (AvgIpc) is 2.92. The third-order valence-corrected chi connectivity index (χ3v) is 6.00. The van der Waals surface area contributed by atoms with Crippen LogP contribution in [-0.2, 0) is 5.41 Å². The first kappa shape index (κ1) is 16.1. The summed E-state index contributed by atoms with van der Waals surface area (Å²) in [6.45, 7) is 4.39. The molecule has 3 aromatic rings. The van der Waals surface area contributed by atoms with Gasteiger partial charge in [-0.3, -0.25) is 9.69 Å². The van der Waals surface area contributed by atoms with E-state index in [0.29, 0.717) is 5.56 Å². The molecule has 0 fully saturated rings. The first-order valence-corrected chi connectivity index (χ1v) is 9.12. The molecule has 1 atom stereocenters. The second-order valence-corrected chi connectivity index (χ2v) is 8.04. The summed E-state index contributed by atoms with van der Waals surface area (Å²) in [6.07, 6.45) is 0.764. The number of hydrogen-bond donors (Lipinski definition) is 1. The molecular weight excluding hydrogens is 338 g/mol. The Bertz CT molecular complexity index is 1150. The van der Waals surface area contributed by atoms with Crippen molar-refractivity contribution < 1.29 is 14.7 Å².